The number of hydrogen-bond acceptors (Lipinski definition) is 7. The van der Waals surface area contributed by atoms with Crippen molar-refractivity contribution < 1.29 is 4.74 Å². The molecule has 2 saturated heterocycles. The second kappa shape index (κ2) is 10.7. The molecule has 4 heterocycles. The van der Waals surface area contributed by atoms with Gasteiger partial charge < -0.3 is 24.4 Å². The first-order chi connectivity index (χ1) is 18.1. The fourth-order valence-corrected chi connectivity index (χ4v) is 5.29. The number of aromatic nitrogens is 4. The third-order valence-electron chi connectivity index (χ3n) is 7.20. The molecule has 9 heteroatoms. The monoisotopic (exact) mass is 517 g/mol. The van der Waals surface area contributed by atoms with E-state index in [0.29, 0.717) is 24.2 Å². The minimum absolute atomic E-state index is 0.676. The number of fused-ring (bicyclic) bond motifs is 1. The van der Waals surface area contributed by atoms with Crippen molar-refractivity contribution in [2.24, 2.45) is 0 Å². The van der Waals surface area contributed by atoms with Gasteiger partial charge in [0.25, 0.3) is 0 Å². The molecule has 0 amide bonds. The SMILES string of the molecule is Cc1nc2ccc(-c3cc(Nc4ccc(Cl)cc4)nc(N4CCOCC4)n3)cc2n1CCN1CCCC1. The summed E-state index contributed by atoms with van der Waals surface area (Å²) in [5.74, 6) is 2.50. The van der Waals surface area contributed by atoms with Crippen molar-refractivity contribution in [2.75, 3.05) is 56.2 Å². The molecule has 0 aliphatic carbocycles. The van der Waals surface area contributed by atoms with Crippen LogP contribution in [-0.4, -0.2) is 70.4 Å². The highest BCUT2D eigenvalue weighted by Crippen LogP contribution is 2.29. The first-order valence-electron chi connectivity index (χ1n) is 13.1. The number of rotatable bonds is 7. The number of benzene rings is 2. The van der Waals surface area contributed by atoms with Crippen molar-refractivity contribution in [3.05, 3.63) is 59.4 Å². The molecule has 4 aromatic rings. The van der Waals surface area contributed by atoms with Gasteiger partial charge in [-0.25, -0.2) is 9.97 Å². The van der Waals surface area contributed by atoms with Gasteiger partial charge >= 0.3 is 0 Å². The fourth-order valence-electron chi connectivity index (χ4n) is 5.16. The third kappa shape index (κ3) is 5.42. The molecule has 1 N–H and O–H groups in total. The van der Waals surface area contributed by atoms with Crippen LogP contribution in [0.25, 0.3) is 22.3 Å². The van der Waals surface area contributed by atoms with Crippen molar-refractivity contribution >= 4 is 40.1 Å². The lowest BCUT2D eigenvalue weighted by Gasteiger charge is -2.27. The van der Waals surface area contributed by atoms with E-state index in [9.17, 15) is 0 Å². The Hall–Kier alpha value is -3.20. The smallest absolute Gasteiger partial charge is 0.228 e. The molecular weight excluding hydrogens is 486 g/mol. The van der Waals surface area contributed by atoms with Gasteiger partial charge in [0, 0.05) is 48.5 Å². The number of imidazole rings is 1. The van der Waals surface area contributed by atoms with Gasteiger partial charge in [-0.15, -0.1) is 0 Å². The Morgan fingerprint density at radius 2 is 1.68 bits per heavy atom. The Balaban J connectivity index is 1.36. The lowest BCUT2D eigenvalue weighted by Crippen LogP contribution is -2.37. The molecule has 0 unspecified atom stereocenters. The predicted octanol–water partition coefficient (Wildman–Crippen LogP) is 5.13. The first kappa shape index (κ1) is 24.2. The summed E-state index contributed by atoms with van der Waals surface area (Å²) in [6.07, 6.45) is 2.61. The van der Waals surface area contributed by atoms with Crippen LogP contribution < -0.4 is 10.2 Å². The van der Waals surface area contributed by atoms with Crippen LogP contribution in [-0.2, 0) is 11.3 Å². The van der Waals surface area contributed by atoms with Crippen molar-refractivity contribution in [3.63, 3.8) is 0 Å². The molecule has 0 spiro atoms. The van der Waals surface area contributed by atoms with Gasteiger partial charge in [0.1, 0.15) is 11.6 Å². The van der Waals surface area contributed by atoms with Crippen LogP contribution in [0.2, 0.25) is 5.02 Å². The molecule has 0 atom stereocenters. The summed E-state index contributed by atoms with van der Waals surface area (Å²) in [6.45, 7) is 9.38. The number of nitrogens with zero attached hydrogens (tertiary/aromatic N) is 6. The predicted molar refractivity (Wildman–Crippen MR) is 149 cm³/mol. The zero-order chi connectivity index (χ0) is 25.2. The summed E-state index contributed by atoms with van der Waals surface area (Å²) in [4.78, 5) is 19.4. The molecule has 2 fully saturated rings. The van der Waals surface area contributed by atoms with Gasteiger partial charge in [0.2, 0.25) is 5.95 Å². The number of halogens is 1. The molecule has 0 radical (unpaired) electrons. The second-order valence-corrected chi connectivity index (χ2v) is 10.2. The molecule has 8 nitrogen and oxygen atoms in total. The molecule has 2 aromatic carbocycles. The van der Waals surface area contributed by atoms with E-state index in [4.69, 9.17) is 31.3 Å². The first-order valence-corrected chi connectivity index (χ1v) is 13.4. The average molecular weight is 518 g/mol. The zero-order valence-corrected chi connectivity index (χ0v) is 21.9. The minimum Gasteiger partial charge on any atom is -0.378 e. The molecule has 192 valence electrons. The van der Waals surface area contributed by atoms with Gasteiger partial charge in [-0.2, -0.15) is 4.98 Å². The van der Waals surface area contributed by atoms with Crippen LogP contribution in [0.1, 0.15) is 18.7 Å². The Morgan fingerprint density at radius 3 is 2.46 bits per heavy atom. The molecule has 2 aliphatic heterocycles. The number of ether oxygens (including phenoxy) is 1. The highest BCUT2D eigenvalue weighted by molar-refractivity contribution is 6.30. The molecular formula is C28H32ClN7O. The molecule has 2 aliphatic rings. The number of hydrogen-bond donors (Lipinski definition) is 1. The van der Waals surface area contributed by atoms with Crippen LogP contribution in [0.15, 0.2) is 48.5 Å². The maximum absolute atomic E-state index is 6.09. The number of anilines is 3. The lowest BCUT2D eigenvalue weighted by molar-refractivity contribution is 0.122. The van der Waals surface area contributed by atoms with Crippen LogP contribution in [0.5, 0.6) is 0 Å². The number of nitrogens with one attached hydrogen (secondary N) is 1. The standard InChI is InChI=1S/C28H32ClN7O/c1-20-30-24-9-4-21(18-26(24)36(20)13-12-34-10-2-3-11-34)25-19-27(31-23-7-5-22(29)6-8-23)33-28(32-25)35-14-16-37-17-15-35/h4-9,18-19H,2-3,10-17H2,1H3,(H,31,32,33). The summed E-state index contributed by atoms with van der Waals surface area (Å²) >= 11 is 6.09. The Bertz CT molecular complexity index is 1380. The molecule has 0 saturated carbocycles. The van der Waals surface area contributed by atoms with Crippen molar-refractivity contribution in [1.29, 1.82) is 0 Å². The Kier molecular flexibility index (Phi) is 6.95. The molecule has 37 heavy (non-hydrogen) atoms. The number of morpholine rings is 1. The van der Waals surface area contributed by atoms with E-state index >= 15 is 0 Å². The van der Waals surface area contributed by atoms with Crippen molar-refractivity contribution in [2.45, 2.75) is 26.3 Å². The second-order valence-electron chi connectivity index (χ2n) is 9.73. The summed E-state index contributed by atoms with van der Waals surface area (Å²) < 4.78 is 7.90. The largest absolute Gasteiger partial charge is 0.378 e. The Labute approximate surface area is 222 Å². The topological polar surface area (TPSA) is 71.3 Å². The highest BCUT2D eigenvalue weighted by atomic mass is 35.5. The summed E-state index contributed by atoms with van der Waals surface area (Å²) in [5.41, 5.74) is 5.01. The van der Waals surface area contributed by atoms with Crippen LogP contribution in [0.4, 0.5) is 17.5 Å². The van der Waals surface area contributed by atoms with Crippen LogP contribution >= 0.6 is 11.6 Å². The van der Waals surface area contributed by atoms with Crippen LogP contribution in [0, 0.1) is 6.92 Å². The van der Waals surface area contributed by atoms with Gasteiger partial charge in [0.05, 0.1) is 29.9 Å². The summed E-state index contributed by atoms with van der Waals surface area (Å²) in [5, 5.41) is 4.14. The molecule has 6 rings (SSSR count). The fraction of sp³-hybridized carbons (Fsp3) is 0.393. The van der Waals surface area contributed by atoms with E-state index in [-0.39, 0.29) is 0 Å². The maximum atomic E-state index is 6.09. The van der Waals surface area contributed by atoms with E-state index < -0.39 is 0 Å². The summed E-state index contributed by atoms with van der Waals surface area (Å²) in [7, 11) is 0. The lowest BCUT2D eigenvalue weighted by atomic mass is 10.1. The number of likely N-dealkylation sites (tertiary alicyclic amines) is 1. The highest BCUT2D eigenvalue weighted by Gasteiger charge is 2.18. The molecule has 2 aromatic heterocycles. The zero-order valence-electron chi connectivity index (χ0n) is 21.2. The molecule has 0 bridgehead atoms. The van der Waals surface area contributed by atoms with Crippen molar-refractivity contribution in [3.8, 4) is 11.3 Å². The van der Waals surface area contributed by atoms with E-state index in [0.717, 1.165) is 65.8 Å². The van der Waals surface area contributed by atoms with Gasteiger partial charge in [0.15, 0.2) is 0 Å². The van der Waals surface area contributed by atoms with E-state index in [2.05, 4.69) is 44.8 Å². The maximum Gasteiger partial charge on any atom is 0.228 e. The van der Waals surface area contributed by atoms with Gasteiger partial charge in [-0.05, 0) is 69.3 Å². The normalized spacial score (nSPS) is 16.5. The van der Waals surface area contributed by atoms with Crippen molar-refractivity contribution in [1.82, 2.24) is 24.4 Å². The minimum atomic E-state index is 0.676. The van der Waals surface area contributed by atoms with E-state index in [1.165, 1.54) is 25.9 Å². The van der Waals surface area contributed by atoms with Gasteiger partial charge in [-0.3, -0.25) is 0 Å². The van der Waals surface area contributed by atoms with E-state index in [1.54, 1.807) is 0 Å². The van der Waals surface area contributed by atoms with E-state index in [1.807, 2.05) is 30.3 Å². The van der Waals surface area contributed by atoms with Crippen LogP contribution in [0.3, 0.4) is 0 Å². The van der Waals surface area contributed by atoms with Gasteiger partial charge in [-0.1, -0.05) is 17.7 Å². The Morgan fingerprint density at radius 1 is 0.892 bits per heavy atom. The number of aryl methyl sites for hydroxylation is 1. The third-order valence-corrected chi connectivity index (χ3v) is 7.45. The summed E-state index contributed by atoms with van der Waals surface area (Å²) in [6, 6.07) is 16.1. The quantitative estimate of drug-likeness (QED) is 0.364. The average Bonchev–Trinajstić information content (AvgIpc) is 3.56.